The smallest absolute Gasteiger partial charge is 0.330 e. The molecule has 0 unspecified atom stereocenters. The minimum atomic E-state index is -0.482. The van der Waals surface area contributed by atoms with Crippen molar-refractivity contribution in [3.63, 3.8) is 0 Å². The predicted octanol–water partition coefficient (Wildman–Crippen LogP) is 3.67. The van der Waals surface area contributed by atoms with Crippen molar-refractivity contribution in [3.8, 4) is 0 Å². The predicted molar refractivity (Wildman–Crippen MR) is 129 cm³/mol. The quantitative estimate of drug-likeness (QED) is 0.445. The maximum atomic E-state index is 13.0. The van der Waals surface area contributed by atoms with E-state index in [1.54, 1.807) is 6.20 Å². The summed E-state index contributed by atoms with van der Waals surface area (Å²) in [4.78, 5) is 34.3. The molecule has 0 spiro atoms. The number of nitrogen functional groups attached to an aromatic ring is 1. The van der Waals surface area contributed by atoms with Crippen LogP contribution in [0.5, 0.6) is 0 Å². The van der Waals surface area contributed by atoms with E-state index in [9.17, 15) is 9.59 Å². The number of anilines is 2. The number of nitrogens with zero attached hydrogens (tertiary/aromatic N) is 3. The Hall–Kier alpha value is -3.87. The fourth-order valence-corrected chi connectivity index (χ4v) is 3.94. The van der Waals surface area contributed by atoms with Gasteiger partial charge in [0, 0.05) is 31.2 Å². The molecular formula is C25H27N5O2. The maximum Gasteiger partial charge on any atom is 0.330 e. The lowest BCUT2D eigenvalue weighted by molar-refractivity contribution is 0.602. The van der Waals surface area contributed by atoms with Crippen LogP contribution in [0.25, 0.3) is 10.9 Å². The molecule has 0 bridgehead atoms. The number of aromatic amines is 1. The molecule has 32 heavy (non-hydrogen) atoms. The van der Waals surface area contributed by atoms with Crippen molar-refractivity contribution in [2.45, 2.75) is 39.4 Å². The first-order valence-corrected chi connectivity index (χ1v) is 10.8. The van der Waals surface area contributed by atoms with Crippen molar-refractivity contribution in [1.29, 1.82) is 0 Å². The third-order valence-electron chi connectivity index (χ3n) is 5.56. The van der Waals surface area contributed by atoms with E-state index in [2.05, 4.69) is 9.97 Å². The Labute approximate surface area is 186 Å². The maximum absolute atomic E-state index is 13.0. The molecule has 7 nitrogen and oxygen atoms in total. The fraction of sp³-hybridized carbons (Fsp3) is 0.240. The zero-order valence-electron chi connectivity index (χ0n) is 18.1. The molecule has 4 aromatic rings. The summed E-state index contributed by atoms with van der Waals surface area (Å²) in [6.07, 6.45) is 3.47. The van der Waals surface area contributed by atoms with Gasteiger partial charge in [-0.25, -0.2) is 4.79 Å². The number of rotatable bonds is 8. The highest BCUT2D eigenvalue weighted by molar-refractivity contribution is 5.82. The largest absolute Gasteiger partial charge is 0.383 e. The highest BCUT2D eigenvalue weighted by Gasteiger charge is 2.20. The van der Waals surface area contributed by atoms with Crippen LogP contribution in [0, 0.1) is 0 Å². The molecule has 2 aromatic carbocycles. The van der Waals surface area contributed by atoms with Gasteiger partial charge in [0.05, 0.1) is 5.52 Å². The number of pyridine rings is 1. The first-order chi connectivity index (χ1) is 15.6. The van der Waals surface area contributed by atoms with Crippen LogP contribution < -0.4 is 21.9 Å². The van der Waals surface area contributed by atoms with Crippen LogP contribution in [0.15, 0.2) is 76.4 Å². The molecule has 0 atom stereocenters. The number of nitrogens with two attached hydrogens (primary N) is 1. The first kappa shape index (κ1) is 21.4. The number of unbranched alkanes of at least 4 members (excludes halogenated alkanes) is 1. The van der Waals surface area contributed by atoms with Crippen LogP contribution in [-0.4, -0.2) is 14.5 Å². The van der Waals surface area contributed by atoms with Crippen molar-refractivity contribution in [1.82, 2.24) is 14.5 Å². The van der Waals surface area contributed by atoms with Gasteiger partial charge in [0.1, 0.15) is 11.5 Å². The number of H-pyrrole nitrogens is 1. The second-order valence-electron chi connectivity index (χ2n) is 7.83. The Bertz CT molecular complexity index is 1320. The molecule has 164 valence electrons. The molecule has 0 saturated heterocycles. The number of benzene rings is 2. The lowest BCUT2D eigenvalue weighted by Gasteiger charge is -2.27. The monoisotopic (exact) mass is 429 g/mol. The van der Waals surface area contributed by atoms with E-state index in [1.807, 2.05) is 72.5 Å². The summed E-state index contributed by atoms with van der Waals surface area (Å²) < 4.78 is 1.46. The van der Waals surface area contributed by atoms with Gasteiger partial charge in [-0.05, 0) is 23.6 Å². The Morgan fingerprint density at radius 2 is 1.78 bits per heavy atom. The van der Waals surface area contributed by atoms with Gasteiger partial charge in [0.15, 0.2) is 0 Å². The van der Waals surface area contributed by atoms with Gasteiger partial charge < -0.3 is 10.6 Å². The minimum Gasteiger partial charge on any atom is -0.383 e. The molecule has 0 aliphatic heterocycles. The number of hydrogen-bond acceptors (Lipinski definition) is 5. The van der Waals surface area contributed by atoms with Gasteiger partial charge in [0.2, 0.25) is 0 Å². The van der Waals surface area contributed by atoms with Gasteiger partial charge in [-0.1, -0.05) is 67.9 Å². The summed E-state index contributed by atoms with van der Waals surface area (Å²) in [5.74, 6) is 0.191. The van der Waals surface area contributed by atoms with Crippen molar-refractivity contribution in [2.75, 3.05) is 10.6 Å². The van der Waals surface area contributed by atoms with E-state index in [0.717, 1.165) is 34.9 Å². The second-order valence-corrected chi connectivity index (χ2v) is 7.83. The van der Waals surface area contributed by atoms with E-state index in [0.29, 0.717) is 25.3 Å². The van der Waals surface area contributed by atoms with Crippen LogP contribution in [0.1, 0.15) is 30.9 Å². The topological polar surface area (TPSA) is 97.0 Å². The van der Waals surface area contributed by atoms with E-state index in [-0.39, 0.29) is 5.82 Å². The van der Waals surface area contributed by atoms with Crippen molar-refractivity contribution >= 4 is 22.4 Å². The molecule has 7 heteroatoms. The number of fused-ring (bicyclic) bond motifs is 1. The molecule has 2 heterocycles. The summed E-state index contributed by atoms with van der Waals surface area (Å²) >= 11 is 0. The average molecular weight is 430 g/mol. The SMILES string of the molecule is CCCCn1c(N)c(N(Cc2ccccc2)Cc2cccc3cccnc23)c(=O)[nH]c1=O. The van der Waals surface area contributed by atoms with Gasteiger partial charge >= 0.3 is 5.69 Å². The van der Waals surface area contributed by atoms with Gasteiger partial charge in [-0.15, -0.1) is 0 Å². The zero-order chi connectivity index (χ0) is 22.5. The molecule has 0 amide bonds. The van der Waals surface area contributed by atoms with Crippen molar-refractivity contribution in [3.05, 3.63) is 98.8 Å². The van der Waals surface area contributed by atoms with Gasteiger partial charge in [0.25, 0.3) is 5.56 Å². The molecule has 0 aliphatic carbocycles. The Morgan fingerprint density at radius 3 is 2.56 bits per heavy atom. The summed E-state index contributed by atoms with van der Waals surface area (Å²) in [5.41, 5.74) is 8.66. The normalized spacial score (nSPS) is 11.0. The third kappa shape index (κ3) is 4.42. The zero-order valence-corrected chi connectivity index (χ0v) is 18.1. The lowest BCUT2D eigenvalue weighted by atomic mass is 10.1. The number of para-hydroxylation sites is 1. The van der Waals surface area contributed by atoms with Crippen molar-refractivity contribution < 1.29 is 0 Å². The molecule has 4 rings (SSSR count). The first-order valence-electron chi connectivity index (χ1n) is 10.8. The Kier molecular flexibility index (Phi) is 6.35. The molecule has 3 N–H and O–H groups in total. The summed E-state index contributed by atoms with van der Waals surface area (Å²) in [6.45, 7) is 3.38. The van der Waals surface area contributed by atoms with Crippen LogP contribution in [0.3, 0.4) is 0 Å². The summed E-state index contributed by atoms with van der Waals surface area (Å²) in [7, 11) is 0. The molecule has 0 radical (unpaired) electrons. The van der Waals surface area contributed by atoms with E-state index >= 15 is 0 Å². The van der Waals surface area contributed by atoms with Crippen LogP contribution >= 0.6 is 0 Å². The van der Waals surface area contributed by atoms with E-state index < -0.39 is 11.2 Å². The van der Waals surface area contributed by atoms with Gasteiger partial charge in [-0.3, -0.25) is 19.3 Å². The summed E-state index contributed by atoms with van der Waals surface area (Å²) in [5, 5.41) is 1.03. The lowest BCUT2D eigenvalue weighted by Crippen LogP contribution is -2.38. The second kappa shape index (κ2) is 9.51. The van der Waals surface area contributed by atoms with Crippen LogP contribution in [-0.2, 0) is 19.6 Å². The average Bonchev–Trinajstić information content (AvgIpc) is 2.79. The van der Waals surface area contributed by atoms with Crippen LogP contribution in [0.2, 0.25) is 0 Å². The molecular weight excluding hydrogens is 402 g/mol. The Balaban J connectivity index is 1.83. The van der Waals surface area contributed by atoms with Crippen LogP contribution in [0.4, 0.5) is 11.5 Å². The molecule has 2 aromatic heterocycles. The van der Waals surface area contributed by atoms with E-state index in [4.69, 9.17) is 5.73 Å². The highest BCUT2D eigenvalue weighted by atomic mass is 16.2. The fourth-order valence-electron chi connectivity index (χ4n) is 3.94. The number of hydrogen-bond donors (Lipinski definition) is 2. The van der Waals surface area contributed by atoms with Crippen molar-refractivity contribution in [2.24, 2.45) is 0 Å². The Morgan fingerprint density at radius 1 is 1.00 bits per heavy atom. The third-order valence-corrected chi connectivity index (χ3v) is 5.56. The minimum absolute atomic E-state index is 0.191. The van der Waals surface area contributed by atoms with Gasteiger partial charge in [-0.2, -0.15) is 0 Å². The molecule has 0 fully saturated rings. The number of nitrogens with one attached hydrogen (secondary N) is 1. The standard InChI is InChI=1S/C25H27N5O2/c1-2-3-15-30-23(26)22(24(31)28-25(30)32)29(16-18-9-5-4-6-10-18)17-20-12-7-11-19-13-8-14-27-21(19)20/h4-14H,2-3,15-17,26H2,1H3,(H,28,31,32). The molecule has 0 saturated carbocycles. The highest BCUT2D eigenvalue weighted by Crippen LogP contribution is 2.25. The molecule has 0 aliphatic rings. The number of aromatic nitrogens is 3. The van der Waals surface area contributed by atoms with E-state index in [1.165, 1.54) is 4.57 Å². The summed E-state index contributed by atoms with van der Waals surface area (Å²) in [6, 6.07) is 19.8.